The highest BCUT2D eigenvalue weighted by Gasteiger charge is 2.31. The molecule has 1 aromatic rings. The Bertz CT molecular complexity index is 584. The molecule has 1 atom stereocenters. The first-order valence-electron chi connectivity index (χ1n) is 9.30. The van der Waals surface area contributed by atoms with Crippen molar-refractivity contribution in [3.63, 3.8) is 0 Å². The molecular weight excluding hydrogens is 316 g/mol. The summed E-state index contributed by atoms with van der Waals surface area (Å²) in [5.74, 6) is 0.365. The zero-order valence-electron chi connectivity index (χ0n) is 15.0. The molecule has 6 nitrogen and oxygen atoms in total. The van der Waals surface area contributed by atoms with Crippen molar-refractivity contribution < 1.29 is 9.59 Å². The third kappa shape index (κ3) is 4.78. The van der Waals surface area contributed by atoms with Crippen LogP contribution >= 0.6 is 0 Å². The Balaban J connectivity index is 1.47. The van der Waals surface area contributed by atoms with E-state index in [0.29, 0.717) is 12.6 Å². The van der Waals surface area contributed by atoms with Gasteiger partial charge in [-0.2, -0.15) is 0 Å². The lowest BCUT2D eigenvalue weighted by atomic mass is 9.93. The van der Waals surface area contributed by atoms with Gasteiger partial charge in [0.1, 0.15) is 0 Å². The summed E-state index contributed by atoms with van der Waals surface area (Å²) in [5, 5.41) is 3.03. The monoisotopic (exact) mass is 344 g/mol. The Labute approximate surface area is 149 Å². The molecule has 2 aliphatic heterocycles. The molecule has 6 heteroatoms. The summed E-state index contributed by atoms with van der Waals surface area (Å²) in [6.45, 7) is 5.71. The molecule has 136 valence electrons. The fourth-order valence-electron chi connectivity index (χ4n) is 3.92. The van der Waals surface area contributed by atoms with Crippen LogP contribution in [0.1, 0.15) is 38.3 Å². The second kappa shape index (κ2) is 8.43. The first-order chi connectivity index (χ1) is 12.1. The average molecular weight is 344 g/mol. The molecule has 0 spiro atoms. The number of likely N-dealkylation sites (tertiary alicyclic amines) is 2. The van der Waals surface area contributed by atoms with Gasteiger partial charge in [0.15, 0.2) is 0 Å². The number of pyridine rings is 1. The van der Waals surface area contributed by atoms with E-state index in [4.69, 9.17) is 0 Å². The van der Waals surface area contributed by atoms with Gasteiger partial charge in [-0.15, -0.1) is 0 Å². The lowest BCUT2D eigenvalue weighted by Crippen LogP contribution is -2.51. The molecule has 0 aromatic carbocycles. The smallest absolute Gasteiger partial charge is 0.224 e. The van der Waals surface area contributed by atoms with E-state index in [0.717, 1.165) is 57.6 Å². The minimum Gasteiger partial charge on any atom is -0.350 e. The summed E-state index contributed by atoms with van der Waals surface area (Å²) in [5.41, 5.74) is 0.889. The normalized spacial score (nSPS) is 22.6. The summed E-state index contributed by atoms with van der Waals surface area (Å²) < 4.78 is 0. The van der Waals surface area contributed by atoms with Gasteiger partial charge in [0, 0.05) is 38.8 Å². The van der Waals surface area contributed by atoms with Crippen LogP contribution in [0.5, 0.6) is 0 Å². The van der Waals surface area contributed by atoms with Crippen LogP contribution in [0.15, 0.2) is 24.4 Å². The number of carbonyl (C=O) groups is 2. The third-order valence-electron chi connectivity index (χ3n) is 5.42. The van der Waals surface area contributed by atoms with Crippen molar-refractivity contribution in [2.45, 2.75) is 45.2 Å². The molecule has 2 aliphatic rings. The Kier molecular flexibility index (Phi) is 6.02. The largest absolute Gasteiger partial charge is 0.350 e. The predicted molar refractivity (Wildman–Crippen MR) is 95.7 cm³/mol. The van der Waals surface area contributed by atoms with Gasteiger partial charge in [-0.25, -0.2) is 0 Å². The van der Waals surface area contributed by atoms with Crippen LogP contribution in [-0.2, 0) is 16.1 Å². The zero-order chi connectivity index (χ0) is 17.6. The number of nitrogens with zero attached hydrogens (tertiary/aromatic N) is 3. The van der Waals surface area contributed by atoms with Crippen molar-refractivity contribution in [1.29, 1.82) is 0 Å². The summed E-state index contributed by atoms with van der Waals surface area (Å²) >= 11 is 0. The van der Waals surface area contributed by atoms with E-state index < -0.39 is 0 Å². The van der Waals surface area contributed by atoms with Crippen LogP contribution < -0.4 is 5.32 Å². The molecule has 0 saturated carbocycles. The van der Waals surface area contributed by atoms with Crippen LogP contribution in [0.4, 0.5) is 0 Å². The van der Waals surface area contributed by atoms with Gasteiger partial charge in [-0.3, -0.25) is 19.5 Å². The predicted octanol–water partition coefficient (Wildman–Crippen LogP) is 1.42. The SMILES string of the molecule is CC(=O)N1CCC(N2CCC[C@@H](C(=O)NCc3ccccn3)C2)CC1. The summed E-state index contributed by atoms with van der Waals surface area (Å²) in [6, 6.07) is 6.24. The molecular formula is C19H28N4O2. The van der Waals surface area contributed by atoms with Gasteiger partial charge >= 0.3 is 0 Å². The number of amides is 2. The van der Waals surface area contributed by atoms with Crippen molar-refractivity contribution in [3.05, 3.63) is 30.1 Å². The fourth-order valence-corrected chi connectivity index (χ4v) is 3.92. The summed E-state index contributed by atoms with van der Waals surface area (Å²) in [6.07, 6.45) is 5.80. The molecule has 3 rings (SSSR count). The maximum absolute atomic E-state index is 12.5. The van der Waals surface area contributed by atoms with Gasteiger partial charge in [0.2, 0.25) is 11.8 Å². The lowest BCUT2D eigenvalue weighted by Gasteiger charge is -2.41. The number of rotatable bonds is 4. The lowest BCUT2D eigenvalue weighted by molar-refractivity contribution is -0.130. The quantitative estimate of drug-likeness (QED) is 0.897. The van der Waals surface area contributed by atoms with Gasteiger partial charge in [0.05, 0.1) is 18.2 Å². The number of hydrogen-bond acceptors (Lipinski definition) is 4. The summed E-state index contributed by atoms with van der Waals surface area (Å²) in [4.78, 5) is 32.6. The van der Waals surface area contributed by atoms with Crippen molar-refractivity contribution in [1.82, 2.24) is 20.1 Å². The van der Waals surface area contributed by atoms with Crippen molar-refractivity contribution in [2.24, 2.45) is 5.92 Å². The first kappa shape index (κ1) is 17.9. The summed E-state index contributed by atoms with van der Waals surface area (Å²) in [7, 11) is 0. The highest BCUT2D eigenvalue weighted by atomic mass is 16.2. The number of nitrogens with one attached hydrogen (secondary N) is 1. The molecule has 2 amide bonds. The topological polar surface area (TPSA) is 65.5 Å². The Morgan fingerprint density at radius 2 is 2.00 bits per heavy atom. The molecule has 0 aliphatic carbocycles. The van der Waals surface area contributed by atoms with E-state index in [1.54, 1.807) is 13.1 Å². The molecule has 0 bridgehead atoms. The number of carbonyl (C=O) groups excluding carboxylic acids is 2. The van der Waals surface area contributed by atoms with Crippen LogP contribution in [-0.4, -0.2) is 58.8 Å². The molecule has 0 radical (unpaired) electrons. The van der Waals surface area contributed by atoms with E-state index >= 15 is 0 Å². The highest BCUT2D eigenvalue weighted by Crippen LogP contribution is 2.24. The van der Waals surface area contributed by atoms with E-state index in [1.165, 1.54) is 0 Å². The minimum absolute atomic E-state index is 0.0586. The van der Waals surface area contributed by atoms with E-state index in [1.807, 2.05) is 23.1 Å². The second-order valence-corrected chi connectivity index (χ2v) is 7.11. The Morgan fingerprint density at radius 3 is 2.68 bits per heavy atom. The maximum atomic E-state index is 12.5. The van der Waals surface area contributed by atoms with Crippen molar-refractivity contribution in [3.8, 4) is 0 Å². The van der Waals surface area contributed by atoms with Crippen LogP contribution in [0.3, 0.4) is 0 Å². The number of piperidine rings is 2. The van der Waals surface area contributed by atoms with Crippen LogP contribution in [0.2, 0.25) is 0 Å². The average Bonchev–Trinajstić information content (AvgIpc) is 2.67. The van der Waals surface area contributed by atoms with Crippen molar-refractivity contribution in [2.75, 3.05) is 26.2 Å². The van der Waals surface area contributed by atoms with Crippen molar-refractivity contribution >= 4 is 11.8 Å². The van der Waals surface area contributed by atoms with Gasteiger partial charge in [-0.05, 0) is 44.4 Å². The third-order valence-corrected chi connectivity index (χ3v) is 5.42. The molecule has 3 heterocycles. The van der Waals surface area contributed by atoms with Crippen LogP contribution in [0, 0.1) is 5.92 Å². The molecule has 1 aromatic heterocycles. The van der Waals surface area contributed by atoms with E-state index in [2.05, 4.69) is 15.2 Å². The second-order valence-electron chi connectivity index (χ2n) is 7.11. The highest BCUT2D eigenvalue weighted by molar-refractivity contribution is 5.78. The molecule has 2 saturated heterocycles. The van der Waals surface area contributed by atoms with Gasteiger partial charge < -0.3 is 10.2 Å². The first-order valence-corrected chi connectivity index (χ1v) is 9.30. The Morgan fingerprint density at radius 1 is 1.20 bits per heavy atom. The zero-order valence-corrected chi connectivity index (χ0v) is 15.0. The molecule has 1 N–H and O–H groups in total. The van der Waals surface area contributed by atoms with Gasteiger partial charge in [0.25, 0.3) is 0 Å². The Hall–Kier alpha value is -1.95. The van der Waals surface area contributed by atoms with E-state index in [9.17, 15) is 9.59 Å². The van der Waals surface area contributed by atoms with E-state index in [-0.39, 0.29) is 17.7 Å². The number of aromatic nitrogens is 1. The minimum atomic E-state index is 0.0586. The number of hydrogen-bond donors (Lipinski definition) is 1. The molecule has 25 heavy (non-hydrogen) atoms. The molecule has 0 unspecified atom stereocenters. The van der Waals surface area contributed by atoms with Crippen LogP contribution in [0.25, 0.3) is 0 Å². The molecule has 2 fully saturated rings. The fraction of sp³-hybridized carbons (Fsp3) is 0.632. The maximum Gasteiger partial charge on any atom is 0.224 e. The van der Waals surface area contributed by atoms with Gasteiger partial charge in [-0.1, -0.05) is 6.07 Å². The standard InChI is InChI=1S/C19H28N4O2/c1-15(24)22-11-7-18(8-12-22)23-10-4-5-16(14-23)19(25)21-13-17-6-2-3-9-20-17/h2-3,6,9,16,18H,4-5,7-8,10-14H2,1H3,(H,21,25)/t16-/m1/s1.